The first-order chi connectivity index (χ1) is 12.7. The van der Waals surface area contributed by atoms with Gasteiger partial charge in [0.1, 0.15) is 0 Å². The normalized spacial score (nSPS) is 25.5. The zero-order chi connectivity index (χ0) is 18.4. The first-order valence-electron chi connectivity index (χ1n) is 10.5. The smallest absolute Gasteiger partial charge is 0.248 e. The first-order valence-corrected chi connectivity index (χ1v) is 10.5. The molecule has 0 aromatic heterocycles. The molecule has 3 rings (SSSR count). The third-order valence-corrected chi connectivity index (χ3v) is 6.28. The van der Waals surface area contributed by atoms with E-state index in [0.29, 0.717) is 23.6 Å². The monoisotopic (exact) mass is 357 g/mol. The number of rotatable bonds is 10. The van der Waals surface area contributed by atoms with Gasteiger partial charge in [0.25, 0.3) is 0 Å². The van der Waals surface area contributed by atoms with Gasteiger partial charge in [-0.1, -0.05) is 38.3 Å². The molecule has 0 spiro atoms. The van der Waals surface area contributed by atoms with Gasteiger partial charge in [0.2, 0.25) is 5.91 Å². The van der Waals surface area contributed by atoms with Crippen LogP contribution in [0.4, 0.5) is 0 Å². The van der Waals surface area contributed by atoms with Gasteiger partial charge in [-0.2, -0.15) is 0 Å². The maximum Gasteiger partial charge on any atom is 0.248 e. The Labute approximate surface area is 158 Å². The van der Waals surface area contributed by atoms with Crippen LogP contribution in [-0.4, -0.2) is 42.5 Å². The molecule has 2 heterocycles. The fraction of sp³-hybridized carbons (Fsp3) is 0.682. The van der Waals surface area contributed by atoms with E-state index in [1.165, 1.54) is 63.5 Å². The van der Waals surface area contributed by atoms with Crippen LogP contribution >= 0.6 is 0 Å². The number of hydrogen-bond acceptors (Lipinski definition) is 3. The maximum atomic E-state index is 11.5. The van der Waals surface area contributed by atoms with Gasteiger partial charge < -0.3 is 11.1 Å². The van der Waals surface area contributed by atoms with E-state index in [0.717, 1.165) is 13.1 Å². The van der Waals surface area contributed by atoms with Gasteiger partial charge in [-0.25, -0.2) is 0 Å². The number of carbonyl (C=O) groups is 1. The quantitative estimate of drug-likeness (QED) is 0.628. The molecule has 144 valence electrons. The number of hydrogen-bond donors (Lipinski definition) is 2. The zero-order valence-electron chi connectivity index (χ0n) is 16.3. The Hall–Kier alpha value is -1.39. The average molecular weight is 358 g/mol. The second kappa shape index (κ2) is 9.52. The molecule has 3 N–H and O–H groups in total. The Balaban J connectivity index is 1.47. The third-order valence-electron chi connectivity index (χ3n) is 6.28. The van der Waals surface area contributed by atoms with Gasteiger partial charge in [0.05, 0.1) is 0 Å². The molecule has 2 aliphatic rings. The molecule has 2 aliphatic heterocycles. The molecular weight excluding hydrogens is 322 g/mol. The lowest BCUT2D eigenvalue weighted by Gasteiger charge is -2.39. The molecule has 2 bridgehead atoms. The molecule has 2 atom stereocenters. The van der Waals surface area contributed by atoms with Crippen LogP contribution in [0.15, 0.2) is 24.3 Å². The van der Waals surface area contributed by atoms with E-state index in [1.54, 1.807) is 0 Å². The lowest BCUT2D eigenvalue weighted by atomic mass is 9.84. The SMILES string of the molecule is CCCCCCNCCN1C2CCC1CC(c1cccc(C(N)=O)c1)C2. The number of nitrogens with one attached hydrogen (secondary N) is 1. The molecule has 2 unspecified atom stereocenters. The fourth-order valence-corrected chi connectivity index (χ4v) is 4.87. The van der Waals surface area contributed by atoms with Gasteiger partial charge in [0.15, 0.2) is 0 Å². The van der Waals surface area contributed by atoms with Gasteiger partial charge in [-0.3, -0.25) is 9.69 Å². The Kier molecular flexibility index (Phi) is 7.09. The summed E-state index contributed by atoms with van der Waals surface area (Å²) in [5.41, 5.74) is 7.39. The van der Waals surface area contributed by atoms with Crippen LogP contribution in [0.1, 0.15) is 80.1 Å². The van der Waals surface area contributed by atoms with E-state index in [-0.39, 0.29) is 5.91 Å². The van der Waals surface area contributed by atoms with Crippen molar-refractivity contribution in [3.8, 4) is 0 Å². The molecule has 0 aliphatic carbocycles. The Bertz CT molecular complexity index is 575. The zero-order valence-corrected chi connectivity index (χ0v) is 16.3. The van der Waals surface area contributed by atoms with E-state index >= 15 is 0 Å². The molecule has 0 saturated carbocycles. The van der Waals surface area contributed by atoms with E-state index < -0.39 is 0 Å². The van der Waals surface area contributed by atoms with Crippen molar-refractivity contribution in [2.45, 2.75) is 76.3 Å². The van der Waals surface area contributed by atoms with Gasteiger partial charge >= 0.3 is 0 Å². The summed E-state index contributed by atoms with van der Waals surface area (Å²) in [5, 5.41) is 3.63. The minimum absolute atomic E-state index is 0.322. The number of primary amides is 1. The van der Waals surface area contributed by atoms with Crippen molar-refractivity contribution in [1.82, 2.24) is 10.2 Å². The van der Waals surface area contributed by atoms with E-state index in [9.17, 15) is 4.79 Å². The summed E-state index contributed by atoms with van der Waals surface area (Å²) in [6, 6.07) is 9.40. The molecule has 0 radical (unpaired) electrons. The number of unbranched alkanes of at least 4 members (excludes halogenated alkanes) is 3. The fourth-order valence-electron chi connectivity index (χ4n) is 4.87. The number of fused-ring (bicyclic) bond motifs is 2. The summed E-state index contributed by atoms with van der Waals surface area (Å²) >= 11 is 0. The average Bonchev–Trinajstić information content (AvgIpc) is 2.88. The van der Waals surface area contributed by atoms with Gasteiger partial charge in [-0.15, -0.1) is 0 Å². The highest BCUT2D eigenvalue weighted by Crippen LogP contribution is 2.42. The lowest BCUT2D eigenvalue weighted by molar-refractivity contribution is 0.1000. The summed E-state index contributed by atoms with van der Waals surface area (Å²) in [4.78, 5) is 14.2. The van der Waals surface area contributed by atoms with Crippen LogP contribution in [0.3, 0.4) is 0 Å². The number of nitrogens with zero attached hydrogens (tertiary/aromatic N) is 1. The van der Waals surface area contributed by atoms with Gasteiger partial charge in [0, 0.05) is 30.7 Å². The van der Waals surface area contributed by atoms with Gasteiger partial charge in [-0.05, 0) is 62.3 Å². The highest BCUT2D eigenvalue weighted by Gasteiger charge is 2.40. The van der Waals surface area contributed by atoms with E-state index in [2.05, 4.69) is 23.2 Å². The predicted octanol–water partition coefficient (Wildman–Crippen LogP) is 3.67. The Morgan fingerprint density at radius 1 is 1.15 bits per heavy atom. The number of amides is 1. The first kappa shape index (κ1) is 19.4. The summed E-state index contributed by atoms with van der Waals surface area (Å²) in [6.07, 6.45) is 10.4. The summed E-state index contributed by atoms with van der Waals surface area (Å²) < 4.78 is 0. The van der Waals surface area contributed by atoms with Crippen molar-refractivity contribution in [3.05, 3.63) is 35.4 Å². The van der Waals surface area contributed by atoms with Crippen molar-refractivity contribution >= 4 is 5.91 Å². The van der Waals surface area contributed by atoms with Crippen molar-refractivity contribution in [3.63, 3.8) is 0 Å². The summed E-state index contributed by atoms with van der Waals surface area (Å²) in [6.45, 7) is 5.71. The molecular formula is C22H35N3O. The van der Waals surface area contributed by atoms with Crippen LogP contribution in [0.2, 0.25) is 0 Å². The Morgan fingerprint density at radius 2 is 1.92 bits per heavy atom. The molecule has 1 aromatic carbocycles. The maximum absolute atomic E-state index is 11.5. The molecule has 2 saturated heterocycles. The summed E-state index contributed by atoms with van der Waals surface area (Å²) in [5.74, 6) is 0.252. The topological polar surface area (TPSA) is 58.4 Å². The molecule has 4 nitrogen and oxygen atoms in total. The second-order valence-corrected chi connectivity index (χ2v) is 8.09. The second-order valence-electron chi connectivity index (χ2n) is 8.09. The van der Waals surface area contributed by atoms with Crippen molar-refractivity contribution in [1.29, 1.82) is 0 Å². The van der Waals surface area contributed by atoms with Crippen molar-refractivity contribution in [2.24, 2.45) is 5.73 Å². The van der Waals surface area contributed by atoms with Crippen molar-refractivity contribution in [2.75, 3.05) is 19.6 Å². The number of carbonyl (C=O) groups excluding carboxylic acids is 1. The minimum Gasteiger partial charge on any atom is -0.366 e. The van der Waals surface area contributed by atoms with E-state index in [4.69, 9.17) is 5.73 Å². The largest absolute Gasteiger partial charge is 0.366 e. The molecule has 1 amide bonds. The highest BCUT2D eigenvalue weighted by molar-refractivity contribution is 5.92. The van der Waals surface area contributed by atoms with Crippen LogP contribution < -0.4 is 11.1 Å². The number of piperidine rings is 1. The molecule has 2 fully saturated rings. The van der Waals surface area contributed by atoms with E-state index in [1.807, 2.05) is 18.2 Å². The number of nitrogens with two attached hydrogens (primary N) is 1. The van der Waals surface area contributed by atoms with Crippen molar-refractivity contribution < 1.29 is 4.79 Å². The third kappa shape index (κ3) is 4.86. The molecule has 1 aromatic rings. The molecule has 26 heavy (non-hydrogen) atoms. The Morgan fingerprint density at radius 3 is 2.62 bits per heavy atom. The lowest BCUT2D eigenvalue weighted by Crippen LogP contribution is -2.45. The predicted molar refractivity (Wildman–Crippen MR) is 107 cm³/mol. The van der Waals surface area contributed by atoms with Crippen LogP contribution in [-0.2, 0) is 0 Å². The highest BCUT2D eigenvalue weighted by atomic mass is 16.1. The summed E-state index contributed by atoms with van der Waals surface area (Å²) in [7, 11) is 0. The van der Waals surface area contributed by atoms with Crippen LogP contribution in [0.25, 0.3) is 0 Å². The van der Waals surface area contributed by atoms with Crippen LogP contribution in [0, 0.1) is 0 Å². The minimum atomic E-state index is -0.322. The standard InChI is InChI=1S/C22H35N3O/c1-2-3-4-5-11-24-12-13-25-20-9-10-21(25)16-19(15-20)17-7-6-8-18(14-17)22(23)26/h6-8,14,19-21,24H,2-5,9-13,15-16H2,1H3,(H2,23,26). The number of benzene rings is 1. The van der Waals surface area contributed by atoms with Crippen LogP contribution in [0.5, 0.6) is 0 Å². The molecule has 4 heteroatoms.